The molecule has 0 unspecified atom stereocenters. The van der Waals surface area contributed by atoms with Gasteiger partial charge in [0.2, 0.25) is 0 Å². The van der Waals surface area contributed by atoms with Gasteiger partial charge in [0.15, 0.2) is 0 Å². The van der Waals surface area contributed by atoms with Crippen LogP contribution in [0.1, 0.15) is 24.5 Å². The van der Waals surface area contributed by atoms with E-state index >= 15 is 0 Å². The van der Waals surface area contributed by atoms with E-state index in [1.165, 1.54) is 39.1 Å². The molecule has 4 rings (SSSR count). The molecule has 0 bridgehead atoms. The zero-order valence-corrected chi connectivity index (χ0v) is 19.4. The van der Waals surface area contributed by atoms with Gasteiger partial charge in [-0.05, 0) is 13.8 Å². The second kappa shape index (κ2) is 13.2. The maximum absolute atomic E-state index is 2.22. The van der Waals surface area contributed by atoms with E-state index in [4.69, 9.17) is 0 Å². The van der Waals surface area contributed by atoms with E-state index in [9.17, 15) is 0 Å². The summed E-state index contributed by atoms with van der Waals surface area (Å²) in [5.74, 6) is 0. The number of benzene rings is 2. The third kappa shape index (κ3) is 7.70. The molecular weight excluding hydrogens is 438 g/mol. The molecule has 0 aliphatic carbocycles. The first kappa shape index (κ1) is 25.0. The smallest absolute Gasteiger partial charge is 0.0414 e. The molecule has 4 aromatic rings. The van der Waals surface area contributed by atoms with Crippen LogP contribution in [0.15, 0.2) is 72.8 Å². The van der Waals surface area contributed by atoms with Gasteiger partial charge in [-0.3, -0.25) is 0 Å². The number of halogens is 2. The van der Waals surface area contributed by atoms with Crippen LogP contribution in [0.2, 0.25) is 0 Å². The quantitative estimate of drug-likeness (QED) is 0.361. The summed E-state index contributed by atoms with van der Waals surface area (Å²) in [6, 6.07) is 25.7. The van der Waals surface area contributed by atoms with Crippen LogP contribution in [-0.4, -0.2) is 3.71 Å². The largest absolute Gasteiger partial charge is 1.00 e. The summed E-state index contributed by atoms with van der Waals surface area (Å²) in [5, 5.41) is 5.37. The van der Waals surface area contributed by atoms with Crippen molar-refractivity contribution < 1.29 is 49.0 Å². The van der Waals surface area contributed by atoms with Gasteiger partial charge in [0.1, 0.15) is 0 Å². The molecule has 0 N–H and O–H groups in total. The number of hydrogen-bond acceptors (Lipinski definition) is 0. The molecule has 0 saturated carbocycles. The normalized spacial score (nSPS) is 9.12. The number of hydrogen-bond donors (Lipinski definition) is 0. The zero-order valence-electron chi connectivity index (χ0n) is 15.5. The summed E-state index contributed by atoms with van der Waals surface area (Å²) >= 11 is 1.54. The minimum atomic E-state index is 0. The van der Waals surface area contributed by atoms with Crippen molar-refractivity contribution in [2.75, 3.05) is 0 Å². The molecule has 0 fully saturated rings. The average molecular weight is 463 g/mol. The van der Waals surface area contributed by atoms with E-state index in [-0.39, 0.29) is 24.8 Å². The summed E-state index contributed by atoms with van der Waals surface area (Å²) in [6.07, 6.45) is 1.23. The predicted molar refractivity (Wildman–Crippen MR) is 105 cm³/mol. The second-order valence-corrected chi connectivity index (χ2v) is 6.93. The number of rotatable bonds is 1. The number of fused-ring (bicyclic) bond motifs is 2. The van der Waals surface area contributed by atoms with Crippen LogP contribution < -0.4 is 24.8 Å². The van der Waals surface area contributed by atoms with Crippen molar-refractivity contribution in [3.8, 4) is 0 Å². The third-order valence-electron chi connectivity index (χ3n) is 3.79. The molecule has 136 valence electrons. The Labute approximate surface area is 184 Å². The number of aryl methyl sites for hydroxylation is 2. The Hall–Kier alpha value is -1.01. The second-order valence-electron chi connectivity index (χ2n) is 5.93. The van der Waals surface area contributed by atoms with Gasteiger partial charge in [-0.1, -0.05) is 11.1 Å². The molecule has 0 amide bonds. The van der Waals surface area contributed by atoms with Gasteiger partial charge in [0.05, 0.1) is 0 Å². The minimum absolute atomic E-state index is 0. The molecule has 0 saturated heterocycles. The van der Waals surface area contributed by atoms with Crippen molar-refractivity contribution in [3.63, 3.8) is 0 Å². The fourth-order valence-electron chi connectivity index (χ4n) is 2.49. The van der Waals surface area contributed by atoms with E-state index in [1.54, 1.807) is 24.2 Å². The van der Waals surface area contributed by atoms with Crippen LogP contribution in [0.5, 0.6) is 0 Å². The van der Waals surface area contributed by atoms with Crippen LogP contribution in [-0.2, 0) is 24.2 Å². The summed E-state index contributed by atoms with van der Waals surface area (Å²) in [5.41, 5.74) is 2.66. The summed E-state index contributed by atoms with van der Waals surface area (Å²) in [4.78, 5) is 0. The molecular formula is C23H24Cl2Zr-2. The van der Waals surface area contributed by atoms with Crippen LogP contribution in [0.3, 0.4) is 0 Å². The van der Waals surface area contributed by atoms with E-state index in [0.717, 1.165) is 0 Å². The average Bonchev–Trinajstić information content (AvgIpc) is 3.23. The summed E-state index contributed by atoms with van der Waals surface area (Å²) < 4.78 is 2.22. The van der Waals surface area contributed by atoms with Crippen molar-refractivity contribution >= 4 is 25.3 Å². The molecule has 0 spiro atoms. The fraction of sp³-hybridized carbons (Fsp3) is 0.174. The molecule has 0 atom stereocenters. The van der Waals surface area contributed by atoms with Crippen LogP contribution >= 0.6 is 0 Å². The summed E-state index contributed by atoms with van der Waals surface area (Å²) in [6.45, 7) is 6.38. The summed E-state index contributed by atoms with van der Waals surface area (Å²) in [7, 11) is 0. The van der Waals surface area contributed by atoms with Gasteiger partial charge >= 0.3 is 41.3 Å². The van der Waals surface area contributed by atoms with Crippen molar-refractivity contribution in [2.45, 2.75) is 27.2 Å². The van der Waals surface area contributed by atoms with E-state index in [1.807, 2.05) is 0 Å². The van der Waals surface area contributed by atoms with Gasteiger partial charge in [-0.25, -0.2) is 0 Å². The Balaban J connectivity index is 0.000000378. The third-order valence-corrected chi connectivity index (χ3v) is 4.80. The van der Waals surface area contributed by atoms with Gasteiger partial charge in [-0.15, -0.1) is 59.3 Å². The van der Waals surface area contributed by atoms with E-state index in [0.29, 0.717) is 0 Å². The first-order valence-electron chi connectivity index (χ1n) is 8.37. The Morgan fingerprint density at radius 1 is 0.769 bits per heavy atom. The van der Waals surface area contributed by atoms with Gasteiger partial charge < -0.3 is 24.8 Å². The maximum atomic E-state index is 2.22. The first-order valence-corrected chi connectivity index (χ1v) is 9.79. The Morgan fingerprint density at radius 2 is 1.15 bits per heavy atom. The molecule has 0 nitrogen and oxygen atoms in total. The van der Waals surface area contributed by atoms with Crippen molar-refractivity contribution in [2.24, 2.45) is 0 Å². The van der Waals surface area contributed by atoms with Crippen LogP contribution in [0.25, 0.3) is 21.5 Å². The van der Waals surface area contributed by atoms with Crippen molar-refractivity contribution in [1.29, 1.82) is 0 Å². The molecule has 0 heterocycles. The van der Waals surface area contributed by atoms with Gasteiger partial charge in [0, 0.05) is 0 Å². The minimum Gasteiger partial charge on any atom is -1.00 e. The van der Waals surface area contributed by atoms with E-state index < -0.39 is 0 Å². The molecule has 4 aromatic carbocycles. The molecule has 26 heavy (non-hydrogen) atoms. The molecule has 0 aliphatic heterocycles. The standard InChI is InChI=1S/2C10H9.C3H6.2ClH.Zr/c2*1-8-5-6-9-3-2-4-10(9)7-8;1-3-2;;;/h2*2-7H,1H3;1H,3H2,2H3;2*1H;/q2*-1;;;;+2/p-2. The van der Waals surface area contributed by atoms with E-state index in [2.05, 4.69) is 97.3 Å². The van der Waals surface area contributed by atoms with Crippen molar-refractivity contribution in [1.82, 2.24) is 0 Å². The molecule has 0 aliphatic rings. The van der Waals surface area contributed by atoms with Gasteiger partial charge in [0.25, 0.3) is 0 Å². The zero-order chi connectivity index (χ0) is 17.4. The van der Waals surface area contributed by atoms with Crippen molar-refractivity contribution in [3.05, 3.63) is 83.9 Å². The monoisotopic (exact) mass is 460 g/mol. The topological polar surface area (TPSA) is 0 Å². The Morgan fingerprint density at radius 3 is 1.50 bits per heavy atom. The molecule has 0 aromatic heterocycles. The maximum Gasteiger partial charge on any atom is -0.0414 e. The van der Waals surface area contributed by atoms with Crippen LogP contribution in [0.4, 0.5) is 0 Å². The Bertz CT molecular complexity index is 831. The SMILES string of the molecule is CC[CH]=[Zr+2].Cc1ccc2[cH-]ccc2c1.Cc1ccc2[cH-]ccc2c1.[Cl-].[Cl-]. The molecule has 3 heteroatoms. The molecule has 0 radical (unpaired) electrons. The Kier molecular flexibility index (Phi) is 12.7. The van der Waals surface area contributed by atoms with Crippen LogP contribution in [0, 0.1) is 13.8 Å². The predicted octanol–water partition coefficient (Wildman–Crippen LogP) is 0.488. The first-order chi connectivity index (χ1) is 11.6. The fourth-order valence-corrected chi connectivity index (χ4v) is 2.49. The van der Waals surface area contributed by atoms with Gasteiger partial charge in [-0.2, -0.15) is 35.0 Å².